The minimum atomic E-state index is 0.365. The van der Waals surface area contributed by atoms with E-state index in [1.807, 2.05) is 0 Å². The van der Waals surface area contributed by atoms with Crippen molar-refractivity contribution in [2.24, 2.45) is 10.8 Å². The van der Waals surface area contributed by atoms with Gasteiger partial charge in [0.2, 0.25) is 0 Å². The number of thiol groups is 2. The maximum atomic E-state index is 4.32. The summed E-state index contributed by atoms with van der Waals surface area (Å²) in [4.78, 5) is 0. The van der Waals surface area contributed by atoms with Crippen LogP contribution in [0.2, 0.25) is 0 Å². The van der Waals surface area contributed by atoms with Crippen LogP contribution < -0.4 is 10.6 Å². The predicted octanol–water partition coefficient (Wildman–Crippen LogP) is 3.88. The Morgan fingerprint density at radius 1 is 0.900 bits per heavy atom. The van der Waals surface area contributed by atoms with Gasteiger partial charge in [-0.25, -0.2) is 0 Å². The fraction of sp³-hybridized carbons (Fsp3) is 1.00. The summed E-state index contributed by atoms with van der Waals surface area (Å²) < 4.78 is 0. The number of rotatable bonds is 7. The van der Waals surface area contributed by atoms with Crippen LogP contribution in [0.1, 0.15) is 54.9 Å². The first-order valence-electron chi connectivity index (χ1n) is 7.72. The van der Waals surface area contributed by atoms with E-state index in [-0.39, 0.29) is 0 Å². The lowest BCUT2D eigenvalue weighted by Crippen LogP contribution is -2.32. The van der Waals surface area contributed by atoms with Crippen molar-refractivity contribution in [1.82, 2.24) is 10.6 Å². The minimum Gasteiger partial charge on any atom is -0.316 e. The van der Waals surface area contributed by atoms with Crippen molar-refractivity contribution in [3.63, 3.8) is 0 Å². The van der Waals surface area contributed by atoms with Crippen LogP contribution >= 0.6 is 25.3 Å². The molecule has 0 aromatic heterocycles. The smallest absolute Gasteiger partial charge is 0.0230 e. The van der Waals surface area contributed by atoms with E-state index in [1.54, 1.807) is 0 Å². The first-order valence-corrected chi connectivity index (χ1v) is 8.87. The van der Waals surface area contributed by atoms with E-state index in [2.05, 4.69) is 84.4 Å². The van der Waals surface area contributed by atoms with E-state index in [9.17, 15) is 0 Å². The summed E-state index contributed by atoms with van der Waals surface area (Å²) in [5, 5.41) is 7.10. The molecule has 0 heterocycles. The molecular formula is C16H38N2S2. The second-order valence-corrected chi connectivity index (χ2v) is 8.86. The maximum Gasteiger partial charge on any atom is 0.0230 e. The average Bonchev–Trinajstić information content (AvgIpc) is 2.26. The summed E-state index contributed by atoms with van der Waals surface area (Å²) in [6.07, 6.45) is 1.23. The number of nitrogens with one attached hydrogen (secondary N) is 2. The van der Waals surface area contributed by atoms with Gasteiger partial charge in [0.1, 0.15) is 0 Å². The predicted molar refractivity (Wildman–Crippen MR) is 102 cm³/mol. The van der Waals surface area contributed by atoms with Crippen molar-refractivity contribution in [2.75, 3.05) is 31.9 Å². The molecule has 124 valence electrons. The van der Waals surface area contributed by atoms with E-state index in [1.165, 1.54) is 6.42 Å². The fourth-order valence-electron chi connectivity index (χ4n) is 1.32. The third-order valence-electron chi connectivity index (χ3n) is 2.33. The van der Waals surface area contributed by atoms with Crippen LogP contribution in [0.5, 0.6) is 0 Å². The van der Waals surface area contributed by atoms with Gasteiger partial charge in [-0.2, -0.15) is 25.3 Å². The normalized spacial score (nSPS) is 13.7. The number of hydrogen-bond donors (Lipinski definition) is 4. The van der Waals surface area contributed by atoms with Crippen LogP contribution in [0.15, 0.2) is 0 Å². The molecule has 1 atom stereocenters. The molecule has 2 N–H and O–H groups in total. The van der Waals surface area contributed by atoms with Crippen LogP contribution in [-0.4, -0.2) is 37.2 Å². The molecule has 0 aromatic rings. The van der Waals surface area contributed by atoms with Crippen molar-refractivity contribution in [3.8, 4) is 0 Å². The molecule has 0 saturated heterocycles. The molecular weight excluding hydrogens is 284 g/mol. The van der Waals surface area contributed by atoms with Crippen molar-refractivity contribution in [1.29, 1.82) is 0 Å². The summed E-state index contributed by atoms with van der Waals surface area (Å²) in [5.41, 5.74) is 0.805. The van der Waals surface area contributed by atoms with Crippen molar-refractivity contribution in [3.05, 3.63) is 0 Å². The molecule has 0 amide bonds. The zero-order valence-electron chi connectivity index (χ0n) is 14.7. The third-order valence-corrected chi connectivity index (χ3v) is 3.42. The summed E-state index contributed by atoms with van der Waals surface area (Å²) in [6.45, 7) is 19.8. The Kier molecular flexibility index (Phi) is 14.0. The molecule has 1 unspecified atom stereocenters. The highest BCUT2D eigenvalue weighted by molar-refractivity contribution is 7.84. The molecule has 0 aliphatic carbocycles. The SMILES string of the molecule is CC(C)(C)CNCC(S)CS.CCCNCC(C)(C)C. The van der Waals surface area contributed by atoms with Gasteiger partial charge in [0, 0.05) is 24.1 Å². The fourth-order valence-corrected chi connectivity index (χ4v) is 1.58. The highest BCUT2D eigenvalue weighted by atomic mass is 32.1. The Hall–Kier alpha value is 0.620. The van der Waals surface area contributed by atoms with E-state index in [0.717, 1.165) is 31.9 Å². The highest BCUT2D eigenvalue weighted by Crippen LogP contribution is 2.10. The van der Waals surface area contributed by atoms with Gasteiger partial charge in [-0.1, -0.05) is 48.5 Å². The van der Waals surface area contributed by atoms with Crippen molar-refractivity contribution >= 4 is 25.3 Å². The van der Waals surface area contributed by atoms with Crippen LogP contribution in [0.25, 0.3) is 0 Å². The van der Waals surface area contributed by atoms with Gasteiger partial charge in [0.15, 0.2) is 0 Å². The Labute approximate surface area is 139 Å². The molecule has 4 heteroatoms. The molecule has 2 nitrogen and oxygen atoms in total. The lowest BCUT2D eigenvalue weighted by molar-refractivity contribution is 0.381. The minimum absolute atomic E-state index is 0.365. The molecule has 20 heavy (non-hydrogen) atoms. The topological polar surface area (TPSA) is 24.1 Å². The monoisotopic (exact) mass is 322 g/mol. The van der Waals surface area contributed by atoms with Gasteiger partial charge < -0.3 is 10.6 Å². The maximum absolute atomic E-state index is 4.32. The Morgan fingerprint density at radius 3 is 1.70 bits per heavy atom. The van der Waals surface area contributed by atoms with E-state index in [4.69, 9.17) is 0 Å². The molecule has 0 radical (unpaired) electrons. The quantitative estimate of drug-likeness (QED) is 0.422. The van der Waals surface area contributed by atoms with Gasteiger partial charge in [0.25, 0.3) is 0 Å². The first kappa shape index (κ1) is 22.9. The van der Waals surface area contributed by atoms with Crippen molar-refractivity contribution < 1.29 is 0 Å². The standard InChI is InChI=1S/C8H19NS2.C8H19N/c1-8(2,3)6-9-4-7(11)5-10;1-5-6-9-7-8(2,3)4/h7,9-11H,4-6H2,1-3H3;9H,5-7H2,1-4H3. The van der Waals surface area contributed by atoms with Crippen molar-refractivity contribution in [2.45, 2.75) is 60.1 Å². The second kappa shape index (κ2) is 12.2. The molecule has 0 saturated carbocycles. The van der Waals surface area contributed by atoms with Gasteiger partial charge in [-0.05, 0) is 30.3 Å². The van der Waals surface area contributed by atoms with Gasteiger partial charge in [-0.15, -0.1) is 0 Å². The largest absolute Gasteiger partial charge is 0.316 e. The molecule has 0 bridgehead atoms. The Bertz CT molecular complexity index is 208. The molecule has 0 fully saturated rings. The summed E-state index contributed by atoms with van der Waals surface area (Å²) in [6, 6.07) is 0. The summed E-state index contributed by atoms with van der Waals surface area (Å²) >= 11 is 8.47. The van der Waals surface area contributed by atoms with Gasteiger partial charge in [-0.3, -0.25) is 0 Å². The van der Waals surface area contributed by atoms with Gasteiger partial charge >= 0.3 is 0 Å². The summed E-state index contributed by atoms with van der Waals surface area (Å²) in [7, 11) is 0. The first-order chi connectivity index (χ1) is 9.02. The second-order valence-electron chi connectivity index (χ2n) is 7.77. The average molecular weight is 323 g/mol. The van der Waals surface area contributed by atoms with E-state index >= 15 is 0 Å². The van der Waals surface area contributed by atoms with Crippen LogP contribution in [0.3, 0.4) is 0 Å². The lowest BCUT2D eigenvalue weighted by atomic mass is 9.97. The Morgan fingerprint density at radius 2 is 1.35 bits per heavy atom. The highest BCUT2D eigenvalue weighted by Gasteiger charge is 2.09. The van der Waals surface area contributed by atoms with E-state index < -0.39 is 0 Å². The molecule has 0 rings (SSSR count). The Balaban J connectivity index is 0. The van der Waals surface area contributed by atoms with Crippen LogP contribution in [-0.2, 0) is 0 Å². The van der Waals surface area contributed by atoms with Crippen LogP contribution in [0, 0.1) is 10.8 Å². The molecule has 0 aliphatic heterocycles. The zero-order chi connectivity index (χ0) is 16.2. The lowest BCUT2D eigenvalue weighted by Gasteiger charge is -2.19. The zero-order valence-corrected chi connectivity index (χ0v) is 16.5. The molecule has 0 aliphatic rings. The third kappa shape index (κ3) is 23.7. The molecule has 0 spiro atoms. The molecule has 0 aromatic carbocycles. The summed E-state index contributed by atoms with van der Waals surface area (Å²) in [5.74, 6) is 0.834. The van der Waals surface area contributed by atoms with Gasteiger partial charge in [0.05, 0.1) is 0 Å². The van der Waals surface area contributed by atoms with E-state index in [0.29, 0.717) is 16.1 Å². The van der Waals surface area contributed by atoms with Crippen LogP contribution in [0.4, 0.5) is 0 Å². The number of hydrogen-bond acceptors (Lipinski definition) is 4.